The molecule has 14 heavy (non-hydrogen) atoms. The maximum Gasteiger partial charge on any atom is 0.0968 e. The molecule has 0 bridgehead atoms. The van der Waals surface area contributed by atoms with Gasteiger partial charge in [0.2, 0.25) is 0 Å². The summed E-state index contributed by atoms with van der Waals surface area (Å²) in [4.78, 5) is 4.52. The van der Waals surface area contributed by atoms with E-state index in [0.29, 0.717) is 5.92 Å². The van der Waals surface area contributed by atoms with Gasteiger partial charge in [0.25, 0.3) is 0 Å². The Balaban J connectivity index is 1.67. The first kappa shape index (κ1) is 10.0. The van der Waals surface area contributed by atoms with Crippen molar-refractivity contribution in [3.8, 4) is 0 Å². The van der Waals surface area contributed by atoms with Crippen LogP contribution in [0.2, 0.25) is 0 Å². The van der Waals surface area contributed by atoms with E-state index in [4.69, 9.17) is 5.73 Å². The van der Waals surface area contributed by atoms with E-state index in [-0.39, 0.29) is 0 Å². The zero-order valence-corrected chi connectivity index (χ0v) is 9.04. The number of aliphatic imine (C=N–C) groups is 1. The first-order valence-electron chi connectivity index (χ1n) is 6.16. The Kier molecular flexibility index (Phi) is 3.44. The van der Waals surface area contributed by atoms with Gasteiger partial charge in [-0.15, -0.1) is 0 Å². The summed E-state index contributed by atoms with van der Waals surface area (Å²) in [5, 5.41) is 0. The fourth-order valence-corrected chi connectivity index (χ4v) is 2.51. The maximum atomic E-state index is 5.97. The molecular weight excluding hydrogens is 172 g/mol. The van der Waals surface area contributed by atoms with Gasteiger partial charge in [0.1, 0.15) is 0 Å². The molecule has 2 nitrogen and oxygen atoms in total. The molecular formula is C12H22N2. The topological polar surface area (TPSA) is 38.4 Å². The van der Waals surface area contributed by atoms with Crippen LogP contribution in [-0.4, -0.2) is 12.4 Å². The van der Waals surface area contributed by atoms with E-state index >= 15 is 0 Å². The number of nitrogens with zero attached hydrogens (tertiary/aromatic N) is 1. The van der Waals surface area contributed by atoms with Crippen LogP contribution < -0.4 is 5.73 Å². The average molecular weight is 194 g/mol. The third kappa shape index (κ3) is 2.49. The Labute approximate surface area is 87.0 Å². The Hall–Kier alpha value is -0.530. The predicted octanol–water partition coefficient (Wildman–Crippen LogP) is 2.72. The summed E-state index contributed by atoms with van der Waals surface area (Å²) in [5.74, 6) is 2.54. The smallest absolute Gasteiger partial charge is 0.0968 e. The molecule has 0 aromatic heterocycles. The van der Waals surface area contributed by atoms with Crippen LogP contribution in [0.25, 0.3) is 0 Å². The zero-order valence-electron chi connectivity index (χ0n) is 9.04. The van der Waals surface area contributed by atoms with Crippen molar-refractivity contribution in [1.29, 1.82) is 0 Å². The fraction of sp³-hybridized carbons (Fsp3) is 0.917. The summed E-state index contributed by atoms with van der Waals surface area (Å²) < 4.78 is 0. The van der Waals surface area contributed by atoms with Crippen molar-refractivity contribution in [2.45, 2.75) is 51.4 Å². The van der Waals surface area contributed by atoms with Crippen molar-refractivity contribution >= 4 is 5.84 Å². The van der Waals surface area contributed by atoms with Crippen LogP contribution in [-0.2, 0) is 0 Å². The summed E-state index contributed by atoms with van der Waals surface area (Å²) in [6.45, 7) is 0.979. The molecule has 2 aliphatic rings. The molecule has 0 unspecified atom stereocenters. The molecule has 2 fully saturated rings. The quantitative estimate of drug-likeness (QED) is 0.542. The van der Waals surface area contributed by atoms with E-state index in [0.717, 1.165) is 18.3 Å². The van der Waals surface area contributed by atoms with E-state index in [1.54, 1.807) is 0 Å². The highest BCUT2D eigenvalue weighted by Crippen LogP contribution is 2.29. The molecule has 0 aromatic carbocycles. The molecule has 0 spiro atoms. The lowest BCUT2D eigenvalue weighted by molar-refractivity contribution is 0.300. The Morgan fingerprint density at radius 3 is 2.36 bits per heavy atom. The normalized spacial score (nSPS) is 25.3. The van der Waals surface area contributed by atoms with Crippen LogP contribution in [0.3, 0.4) is 0 Å². The van der Waals surface area contributed by atoms with Crippen molar-refractivity contribution in [3.63, 3.8) is 0 Å². The van der Waals surface area contributed by atoms with Crippen molar-refractivity contribution < 1.29 is 0 Å². The molecule has 2 aliphatic carbocycles. The van der Waals surface area contributed by atoms with E-state index in [9.17, 15) is 0 Å². The zero-order chi connectivity index (χ0) is 9.80. The molecule has 0 radical (unpaired) electrons. The molecule has 0 aliphatic heterocycles. The van der Waals surface area contributed by atoms with Crippen LogP contribution in [0, 0.1) is 11.8 Å². The van der Waals surface area contributed by atoms with Gasteiger partial charge in [0.05, 0.1) is 5.84 Å². The summed E-state index contributed by atoms with van der Waals surface area (Å²) in [6.07, 6.45) is 10.8. The molecule has 2 N–H and O–H groups in total. The Morgan fingerprint density at radius 2 is 1.79 bits per heavy atom. The molecule has 2 saturated carbocycles. The van der Waals surface area contributed by atoms with Crippen molar-refractivity contribution in [2.75, 3.05) is 6.54 Å². The fourth-order valence-electron chi connectivity index (χ4n) is 2.51. The van der Waals surface area contributed by atoms with Crippen LogP contribution in [0.15, 0.2) is 4.99 Å². The minimum absolute atomic E-state index is 0.622. The van der Waals surface area contributed by atoms with Gasteiger partial charge in [-0.2, -0.15) is 0 Å². The highest BCUT2D eigenvalue weighted by molar-refractivity contribution is 5.83. The van der Waals surface area contributed by atoms with Gasteiger partial charge in [-0.3, -0.25) is 4.99 Å². The second-order valence-electron chi connectivity index (χ2n) is 4.87. The minimum atomic E-state index is 0.622. The molecule has 0 amide bonds. The minimum Gasteiger partial charge on any atom is -0.387 e. The maximum absolute atomic E-state index is 5.97. The number of nitrogens with two attached hydrogens (primary N) is 1. The third-order valence-corrected chi connectivity index (χ3v) is 3.83. The summed E-state index contributed by atoms with van der Waals surface area (Å²) in [5.41, 5.74) is 5.97. The summed E-state index contributed by atoms with van der Waals surface area (Å²) in [6, 6.07) is 0. The molecule has 2 rings (SSSR count). The van der Waals surface area contributed by atoms with Crippen molar-refractivity contribution in [2.24, 2.45) is 22.6 Å². The lowest BCUT2D eigenvalue weighted by Gasteiger charge is -2.24. The first-order valence-corrected chi connectivity index (χ1v) is 6.16. The van der Waals surface area contributed by atoms with Crippen molar-refractivity contribution in [3.05, 3.63) is 0 Å². The van der Waals surface area contributed by atoms with E-state index in [2.05, 4.69) is 4.99 Å². The number of rotatable bonds is 4. The van der Waals surface area contributed by atoms with E-state index in [1.165, 1.54) is 51.4 Å². The van der Waals surface area contributed by atoms with Gasteiger partial charge < -0.3 is 5.73 Å². The van der Waals surface area contributed by atoms with E-state index in [1.807, 2.05) is 0 Å². The van der Waals surface area contributed by atoms with Crippen molar-refractivity contribution in [1.82, 2.24) is 0 Å². The summed E-state index contributed by atoms with van der Waals surface area (Å²) in [7, 11) is 0. The largest absolute Gasteiger partial charge is 0.387 e. The Bertz CT molecular complexity index is 200. The average Bonchev–Trinajstić information content (AvgIpc) is 2.61. The molecule has 80 valence electrons. The molecule has 2 heteroatoms. The van der Waals surface area contributed by atoms with Crippen LogP contribution in [0.5, 0.6) is 0 Å². The van der Waals surface area contributed by atoms with Gasteiger partial charge in [-0.25, -0.2) is 0 Å². The predicted molar refractivity (Wildman–Crippen MR) is 60.4 cm³/mol. The second kappa shape index (κ2) is 4.81. The van der Waals surface area contributed by atoms with Crippen LogP contribution >= 0.6 is 0 Å². The van der Waals surface area contributed by atoms with Gasteiger partial charge in [0.15, 0.2) is 0 Å². The lowest BCUT2D eigenvalue weighted by Crippen LogP contribution is -2.22. The second-order valence-corrected chi connectivity index (χ2v) is 4.87. The molecule has 0 heterocycles. The Morgan fingerprint density at radius 1 is 1.07 bits per heavy atom. The van der Waals surface area contributed by atoms with Gasteiger partial charge >= 0.3 is 0 Å². The molecule has 0 saturated heterocycles. The van der Waals surface area contributed by atoms with Gasteiger partial charge in [0, 0.05) is 12.5 Å². The standard InChI is InChI=1S/C12H22N2/c13-12(11-6-1-2-7-11)14-9-8-10-4-3-5-10/h10-11H,1-9H2,(H2,13,14). The molecule has 0 aromatic rings. The first-order chi connectivity index (χ1) is 6.86. The van der Waals surface area contributed by atoms with E-state index < -0.39 is 0 Å². The van der Waals surface area contributed by atoms with Crippen LogP contribution in [0.4, 0.5) is 0 Å². The third-order valence-electron chi connectivity index (χ3n) is 3.83. The summed E-state index contributed by atoms with van der Waals surface area (Å²) >= 11 is 0. The molecule has 0 atom stereocenters. The highest BCUT2D eigenvalue weighted by Gasteiger charge is 2.19. The van der Waals surface area contributed by atoms with Gasteiger partial charge in [-0.1, -0.05) is 32.1 Å². The number of hydrogen-bond donors (Lipinski definition) is 1. The lowest BCUT2D eigenvalue weighted by atomic mass is 9.83. The van der Waals surface area contributed by atoms with Gasteiger partial charge in [-0.05, 0) is 25.2 Å². The number of amidine groups is 1. The SMILES string of the molecule is NC(=NCCC1CCC1)C1CCCC1. The monoisotopic (exact) mass is 194 g/mol. The van der Waals surface area contributed by atoms with Crippen LogP contribution in [0.1, 0.15) is 51.4 Å². The highest BCUT2D eigenvalue weighted by atomic mass is 14.9. The number of hydrogen-bond acceptors (Lipinski definition) is 1.